The first kappa shape index (κ1) is 14.9. The molecule has 0 spiro atoms. The number of methoxy groups -OCH3 is 1. The number of aromatic nitrogens is 1. The second kappa shape index (κ2) is 6.31. The van der Waals surface area contributed by atoms with E-state index in [2.05, 4.69) is 26.1 Å². The average molecular weight is 284 g/mol. The summed E-state index contributed by atoms with van der Waals surface area (Å²) in [6, 6.07) is 0.352. The first-order valence-electron chi connectivity index (χ1n) is 6.97. The van der Waals surface area contributed by atoms with Crippen LogP contribution in [0.15, 0.2) is 0 Å². The van der Waals surface area contributed by atoms with E-state index in [1.54, 1.807) is 18.4 Å². The van der Waals surface area contributed by atoms with Crippen molar-refractivity contribution in [2.75, 3.05) is 26.9 Å². The molecule has 1 saturated heterocycles. The van der Waals surface area contributed by atoms with Gasteiger partial charge in [0.25, 0.3) is 0 Å². The fourth-order valence-electron chi connectivity index (χ4n) is 2.61. The Hall–Kier alpha value is -0.490. The maximum atomic E-state index is 5.82. The van der Waals surface area contributed by atoms with E-state index < -0.39 is 0 Å². The standard InChI is InChI=1S/C14H24N2O2S/c1-5-15-10(2)12-11(3)16-13(19-12)14(17-4)6-8-18-9-7-14/h10,15H,5-9H2,1-4H3. The van der Waals surface area contributed by atoms with Gasteiger partial charge in [0.2, 0.25) is 0 Å². The van der Waals surface area contributed by atoms with Crippen LogP contribution in [-0.2, 0) is 15.1 Å². The fraction of sp³-hybridized carbons (Fsp3) is 0.786. The maximum absolute atomic E-state index is 5.82. The predicted octanol–water partition coefficient (Wildman–Crippen LogP) is 2.77. The van der Waals surface area contributed by atoms with Crippen LogP contribution in [0.4, 0.5) is 0 Å². The number of nitrogens with zero attached hydrogens (tertiary/aromatic N) is 1. The molecule has 108 valence electrons. The molecule has 0 aliphatic carbocycles. The molecule has 0 saturated carbocycles. The monoisotopic (exact) mass is 284 g/mol. The van der Waals surface area contributed by atoms with Gasteiger partial charge in [-0.15, -0.1) is 11.3 Å². The van der Waals surface area contributed by atoms with Crippen LogP contribution in [-0.4, -0.2) is 31.9 Å². The molecule has 5 heteroatoms. The number of nitrogens with one attached hydrogen (secondary N) is 1. The summed E-state index contributed by atoms with van der Waals surface area (Å²) >= 11 is 1.78. The maximum Gasteiger partial charge on any atom is 0.125 e. The van der Waals surface area contributed by atoms with E-state index in [-0.39, 0.29) is 5.60 Å². The van der Waals surface area contributed by atoms with Gasteiger partial charge < -0.3 is 14.8 Å². The van der Waals surface area contributed by atoms with Crippen LogP contribution in [0.25, 0.3) is 0 Å². The van der Waals surface area contributed by atoms with E-state index in [1.807, 2.05) is 0 Å². The summed E-state index contributed by atoms with van der Waals surface area (Å²) in [5.74, 6) is 0. The largest absolute Gasteiger partial charge is 0.381 e. The second-order valence-electron chi connectivity index (χ2n) is 5.06. The van der Waals surface area contributed by atoms with Gasteiger partial charge in [0.1, 0.15) is 10.6 Å². The Morgan fingerprint density at radius 2 is 2.16 bits per heavy atom. The van der Waals surface area contributed by atoms with E-state index in [9.17, 15) is 0 Å². The quantitative estimate of drug-likeness (QED) is 0.903. The molecule has 0 aromatic carbocycles. The number of rotatable bonds is 5. The highest BCUT2D eigenvalue weighted by Crippen LogP contribution is 2.39. The van der Waals surface area contributed by atoms with Crippen LogP contribution in [0.1, 0.15) is 48.3 Å². The molecule has 2 heterocycles. The SMILES string of the molecule is CCNC(C)c1sc(C2(OC)CCOCC2)nc1C. The fourth-order valence-corrected chi connectivity index (χ4v) is 3.93. The molecule has 0 bridgehead atoms. The molecule has 1 aliphatic rings. The molecule has 1 aromatic rings. The number of thiazole rings is 1. The van der Waals surface area contributed by atoms with E-state index in [1.165, 1.54) is 4.88 Å². The Labute approximate surface area is 119 Å². The molecule has 19 heavy (non-hydrogen) atoms. The highest BCUT2D eigenvalue weighted by Gasteiger charge is 2.38. The first-order valence-corrected chi connectivity index (χ1v) is 7.78. The van der Waals surface area contributed by atoms with Crippen molar-refractivity contribution in [2.24, 2.45) is 0 Å². The van der Waals surface area contributed by atoms with Crippen molar-refractivity contribution >= 4 is 11.3 Å². The normalized spacial score (nSPS) is 20.4. The molecule has 2 rings (SSSR count). The molecule has 1 unspecified atom stereocenters. The van der Waals surface area contributed by atoms with Gasteiger partial charge in [0.15, 0.2) is 0 Å². The van der Waals surface area contributed by atoms with E-state index in [4.69, 9.17) is 14.5 Å². The molecular weight excluding hydrogens is 260 g/mol. The Morgan fingerprint density at radius 3 is 2.74 bits per heavy atom. The first-order chi connectivity index (χ1) is 9.13. The third-order valence-electron chi connectivity index (χ3n) is 3.82. The van der Waals surface area contributed by atoms with E-state index in [0.29, 0.717) is 6.04 Å². The van der Waals surface area contributed by atoms with Crippen LogP contribution >= 0.6 is 11.3 Å². The van der Waals surface area contributed by atoms with Crippen LogP contribution in [0.2, 0.25) is 0 Å². The van der Waals surface area contributed by atoms with Crippen molar-refractivity contribution in [2.45, 2.75) is 45.3 Å². The van der Waals surface area contributed by atoms with Crippen molar-refractivity contribution in [3.8, 4) is 0 Å². The zero-order valence-electron chi connectivity index (χ0n) is 12.3. The average Bonchev–Trinajstić information content (AvgIpc) is 2.82. The van der Waals surface area contributed by atoms with Gasteiger partial charge in [-0.25, -0.2) is 4.98 Å². The lowest BCUT2D eigenvalue weighted by atomic mass is 9.95. The van der Waals surface area contributed by atoms with Crippen molar-refractivity contribution < 1.29 is 9.47 Å². The van der Waals surface area contributed by atoms with Crippen LogP contribution in [0, 0.1) is 6.92 Å². The van der Waals surface area contributed by atoms with Crippen LogP contribution < -0.4 is 5.32 Å². The molecule has 1 aliphatic heterocycles. The number of hydrogen-bond donors (Lipinski definition) is 1. The zero-order chi connectivity index (χ0) is 13.9. The molecule has 0 radical (unpaired) electrons. The summed E-state index contributed by atoms with van der Waals surface area (Å²) in [5.41, 5.74) is 0.883. The molecule has 1 aromatic heterocycles. The zero-order valence-corrected chi connectivity index (χ0v) is 13.1. The van der Waals surface area contributed by atoms with Gasteiger partial charge in [0, 0.05) is 44.1 Å². The molecule has 0 amide bonds. The molecule has 4 nitrogen and oxygen atoms in total. The van der Waals surface area contributed by atoms with Crippen molar-refractivity contribution in [1.82, 2.24) is 10.3 Å². The van der Waals surface area contributed by atoms with Gasteiger partial charge >= 0.3 is 0 Å². The van der Waals surface area contributed by atoms with Gasteiger partial charge in [-0.2, -0.15) is 0 Å². The topological polar surface area (TPSA) is 43.4 Å². The highest BCUT2D eigenvalue weighted by molar-refractivity contribution is 7.12. The third-order valence-corrected chi connectivity index (χ3v) is 5.34. The smallest absolute Gasteiger partial charge is 0.125 e. The van der Waals surface area contributed by atoms with Crippen LogP contribution in [0.5, 0.6) is 0 Å². The molecule has 1 N–H and O–H groups in total. The Morgan fingerprint density at radius 1 is 1.47 bits per heavy atom. The summed E-state index contributed by atoms with van der Waals surface area (Å²) in [4.78, 5) is 6.10. The minimum Gasteiger partial charge on any atom is -0.381 e. The molecule has 1 fully saturated rings. The molecule has 1 atom stereocenters. The predicted molar refractivity (Wildman–Crippen MR) is 77.7 cm³/mol. The minimum atomic E-state index is -0.238. The Bertz CT molecular complexity index is 414. The van der Waals surface area contributed by atoms with Crippen molar-refractivity contribution in [3.63, 3.8) is 0 Å². The molecular formula is C14H24N2O2S. The van der Waals surface area contributed by atoms with Crippen LogP contribution in [0.3, 0.4) is 0 Å². The summed E-state index contributed by atoms with van der Waals surface area (Å²) in [6.07, 6.45) is 1.79. The van der Waals surface area contributed by atoms with E-state index in [0.717, 1.165) is 43.3 Å². The minimum absolute atomic E-state index is 0.238. The number of ether oxygens (including phenoxy) is 2. The lowest BCUT2D eigenvalue weighted by Crippen LogP contribution is -2.35. The van der Waals surface area contributed by atoms with Gasteiger partial charge in [-0.1, -0.05) is 6.92 Å². The third kappa shape index (κ3) is 2.99. The lowest BCUT2D eigenvalue weighted by molar-refractivity contribution is -0.0948. The summed E-state index contributed by atoms with van der Waals surface area (Å²) in [7, 11) is 1.79. The number of aryl methyl sites for hydroxylation is 1. The second-order valence-corrected chi connectivity index (χ2v) is 6.09. The Balaban J connectivity index is 2.27. The van der Waals surface area contributed by atoms with Gasteiger partial charge in [0.05, 0.1) is 5.69 Å². The summed E-state index contributed by atoms with van der Waals surface area (Å²) in [5, 5.41) is 4.56. The van der Waals surface area contributed by atoms with E-state index >= 15 is 0 Å². The highest BCUT2D eigenvalue weighted by atomic mass is 32.1. The Kier molecular flexibility index (Phi) is 4.95. The summed E-state index contributed by atoms with van der Waals surface area (Å²) in [6.45, 7) is 8.89. The van der Waals surface area contributed by atoms with Crippen molar-refractivity contribution in [3.05, 3.63) is 15.6 Å². The number of hydrogen-bond acceptors (Lipinski definition) is 5. The van der Waals surface area contributed by atoms with Gasteiger partial charge in [-0.05, 0) is 20.4 Å². The lowest BCUT2D eigenvalue weighted by Gasteiger charge is -2.33. The van der Waals surface area contributed by atoms with Crippen molar-refractivity contribution in [1.29, 1.82) is 0 Å². The summed E-state index contributed by atoms with van der Waals surface area (Å²) < 4.78 is 11.3. The van der Waals surface area contributed by atoms with Gasteiger partial charge in [-0.3, -0.25) is 0 Å².